The molecule has 0 atom stereocenters. The van der Waals surface area contributed by atoms with Crippen LogP contribution in [-0.4, -0.2) is 19.3 Å². The summed E-state index contributed by atoms with van der Waals surface area (Å²) in [7, 11) is 0. The van der Waals surface area contributed by atoms with Gasteiger partial charge in [-0.15, -0.1) is 0 Å². The second-order valence-electron chi connectivity index (χ2n) is 3.39. The molecule has 0 unspecified atom stereocenters. The van der Waals surface area contributed by atoms with Crippen LogP contribution in [0.2, 0.25) is 0 Å². The molecule has 0 aromatic heterocycles. The van der Waals surface area contributed by atoms with Crippen LogP contribution in [0.25, 0.3) is 0 Å². The van der Waals surface area contributed by atoms with Crippen LogP contribution in [0.1, 0.15) is 13.8 Å². The minimum absolute atomic E-state index is 0.0238. The van der Waals surface area contributed by atoms with Gasteiger partial charge < -0.3 is 15.2 Å². The quantitative estimate of drug-likeness (QED) is 0.813. The van der Waals surface area contributed by atoms with Gasteiger partial charge in [-0.25, -0.2) is 4.39 Å². The Hall–Kier alpha value is -1.29. The summed E-state index contributed by atoms with van der Waals surface area (Å²) in [6, 6.07) is 4.20. The zero-order valence-electron chi connectivity index (χ0n) is 9.00. The van der Waals surface area contributed by atoms with E-state index in [2.05, 4.69) is 0 Å². The molecule has 0 radical (unpaired) electrons. The third kappa shape index (κ3) is 3.75. The molecule has 0 spiro atoms. The molecule has 0 aliphatic rings. The van der Waals surface area contributed by atoms with Gasteiger partial charge in [0, 0.05) is 12.6 Å². The first-order valence-electron chi connectivity index (χ1n) is 4.92. The Morgan fingerprint density at radius 1 is 1.33 bits per heavy atom. The van der Waals surface area contributed by atoms with Gasteiger partial charge in [-0.05, 0) is 26.0 Å². The Morgan fingerprint density at radius 3 is 2.67 bits per heavy atom. The maximum atomic E-state index is 12.9. The van der Waals surface area contributed by atoms with Crippen molar-refractivity contribution in [2.45, 2.75) is 20.0 Å². The van der Waals surface area contributed by atoms with Crippen LogP contribution in [0, 0.1) is 5.82 Å². The summed E-state index contributed by atoms with van der Waals surface area (Å²) in [6.45, 7) is 4.53. The third-order valence-electron chi connectivity index (χ3n) is 1.64. The Bertz CT molecular complexity index is 315. The average molecular weight is 213 g/mol. The van der Waals surface area contributed by atoms with Gasteiger partial charge in [-0.1, -0.05) is 0 Å². The lowest BCUT2D eigenvalue weighted by Crippen LogP contribution is -2.12. The lowest BCUT2D eigenvalue weighted by molar-refractivity contribution is 0.222. The van der Waals surface area contributed by atoms with E-state index in [4.69, 9.17) is 15.2 Å². The van der Waals surface area contributed by atoms with Crippen molar-refractivity contribution < 1.29 is 13.9 Å². The monoisotopic (exact) mass is 213 g/mol. The number of ether oxygens (including phenoxy) is 2. The Balaban J connectivity index is 2.82. The number of nitrogens with two attached hydrogens (primary N) is 1. The van der Waals surface area contributed by atoms with E-state index in [0.29, 0.717) is 24.7 Å². The molecule has 1 aromatic carbocycles. The van der Waals surface area contributed by atoms with Crippen LogP contribution >= 0.6 is 0 Å². The summed E-state index contributed by atoms with van der Waals surface area (Å²) in [5.41, 5.74) is 5.31. The molecule has 0 heterocycles. The molecular weight excluding hydrogens is 197 g/mol. The first kappa shape index (κ1) is 11.8. The van der Waals surface area contributed by atoms with Gasteiger partial charge in [-0.2, -0.15) is 0 Å². The van der Waals surface area contributed by atoms with E-state index in [0.717, 1.165) is 0 Å². The first-order valence-corrected chi connectivity index (χ1v) is 4.92. The molecule has 0 saturated heterocycles. The molecule has 4 heteroatoms. The number of hydrogen-bond acceptors (Lipinski definition) is 3. The van der Waals surface area contributed by atoms with Gasteiger partial charge in [0.15, 0.2) is 11.5 Å². The van der Waals surface area contributed by atoms with Crippen molar-refractivity contribution in [3.63, 3.8) is 0 Å². The van der Waals surface area contributed by atoms with Gasteiger partial charge in [-0.3, -0.25) is 0 Å². The SMILES string of the molecule is CC(C)Oc1ccc(F)cc1OCCN. The summed E-state index contributed by atoms with van der Waals surface area (Å²) < 4.78 is 23.7. The van der Waals surface area contributed by atoms with Gasteiger partial charge in [0.1, 0.15) is 12.4 Å². The van der Waals surface area contributed by atoms with E-state index in [9.17, 15) is 4.39 Å². The fourth-order valence-electron chi connectivity index (χ4n) is 1.11. The van der Waals surface area contributed by atoms with E-state index in [1.165, 1.54) is 12.1 Å². The number of halogens is 1. The highest BCUT2D eigenvalue weighted by Gasteiger charge is 2.08. The van der Waals surface area contributed by atoms with Crippen LogP contribution in [0.5, 0.6) is 11.5 Å². The van der Waals surface area contributed by atoms with Crippen molar-refractivity contribution in [3.8, 4) is 11.5 Å². The molecule has 0 aliphatic carbocycles. The zero-order valence-corrected chi connectivity index (χ0v) is 9.00. The van der Waals surface area contributed by atoms with E-state index < -0.39 is 0 Å². The predicted octanol–water partition coefficient (Wildman–Crippen LogP) is 1.95. The Kier molecular flexibility index (Phi) is 4.37. The highest BCUT2D eigenvalue weighted by molar-refractivity contribution is 5.40. The zero-order chi connectivity index (χ0) is 11.3. The standard InChI is InChI=1S/C11H16FNO2/c1-8(2)15-10-4-3-9(12)7-11(10)14-6-5-13/h3-4,7-8H,5-6,13H2,1-2H3. The van der Waals surface area contributed by atoms with E-state index >= 15 is 0 Å². The van der Waals surface area contributed by atoms with E-state index in [-0.39, 0.29) is 11.9 Å². The molecule has 1 rings (SSSR count). The minimum Gasteiger partial charge on any atom is -0.488 e. The van der Waals surface area contributed by atoms with Crippen LogP contribution in [0.4, 0.5) is 4.39 Å². The van der Waals surface area contributed by atoms with Crippen LogP contribution < -0.4 is 15.2 Å². The summed E-state index contributed by atoms with van der Waals surface area (Å²) in [5, 5.41) is 0. The van der Waals surface area contributed by atoms with Crippen LogP contribution in [-0.2, 0) is 0 Å². The number of benzene rings is 1. The highest BCUT2D eigenvalue weighted by atomic mass is 19.1. The molecule has 0 amide bonds. The average Bonchev–Trinajstić information content (AvgIpc) is 2.18. The van der Waals surface area contributed by atoms with Crippen molar-refractivity contribution >= 4 is 0 Å². The van der Waals surface area contributed by atoms with Gasteiger partial charge in [0.25, 0.3) is 0 Å². The Morgan fingerprint density at radius 2 is 2.07 bits per heavy atom. The van der Waals surface area contributed by atoms with Crippen LogP contribution in [0.15, 0.2) is 18.2 Å². The predicted molar refractivity (Wildman–Crippen MR) is 56.7 cm³/mol. The van der Waals surface area contributed by atoms with Gasteiger partial charge >= 0.3 is 0 Å². The molecule has 1 aromatic rings. The maximum absolute atomic E-state index is 12.9. The molecule has 3 nitrogen and oxygen atoms in total. The molecule has 2 N–H and O–H groups in total. The summed E-state index contributed by atoms with van der Waals surface area (Å²) in [4.78, 5) is 0. The van der Waals surface area contributed by atoms with Gasteiger partial charge in [0.05, 0.1) is 6.10 Å². The summed E-state index contributed by atoms with van der Waals surface area (Å²) >= 11 is 0. The fourth-order valence-corrected chi connectivity index (χ4v) is 1.11. The number of hydrogen-bond donors (Lipinski definition) is 1. The largest absolute Gasteiger partial charge is 0.488 e. The smallest absolute Gasteiger partial charge is 0.164 e. The van der Waals surface area contributed by atoms with Crippen molar-refractivity contribution in [1.29, 1.82) is 0 Å². The van der Waals surface area contributed by atoms with Crippen molar-refractivity contribution in [2.75, 3.05) is 13.2 Å². The Labute approximate surface area is 89.0 Å². The molecular formula is C11H16FNO2. The fraction of sp³-hybridized carbons (Fsp3) is 0.455. The van der Waals surface area contributed by atoms with Crippen LogP contribution in [0.3, 0.4) is 0 Å². The number of rotatable bonds is 5. The minimum atomic E-state index is -0.349. The van der Waals surface area contributed by atoms with Crippen molar-refractivity contribution in [1.82, 2.24) is 0 Å². The lowest BCUT2D eigenvalue weighted by Gasteiger charge is -2.14. The second-order valence-corrected chi connectivity index (χ2v) is 3.39. The molecule has 0 bridgehead atoms. The molecule has 0 aliphatic heterocycles. The topological polar surface area (TPSA) is 44.5 Å². The van der Waals surface area contributed by atoms with Gasteiger partial charge in [0.2, 0.25) is 0 Å². The molecule has 0 saturated carbocycles. The van der Waals surface area contributed by atoms with E-state index in [1.807, 2.05) is 13.8 Å². The first-order chi connectivity index (χ1) is 7.13. The molecule has 15 heavy (non-hydrogen) atoms. The lowest BCUT2D eigenvalue weighted by atomic mass is 10.3. The summed E-state index contributed by atoms with van der Waals surface area (Å²) in [6.07, 6.45) is 0.0238. The maximum Gasteiger partial charge on any atom is 0.164 e. The molecule has 0 fully saturated rings. The second kappa shape index (κ2) is 5.56. The van der Waals surface area contributed by atoms with Crippen molar-refractivity contribution in [3.05, 3.63) is 24.0 Å². The normalized spacial score (nSPS) is 10.5. The van der Waals surface area contributed by atoms with E-state index in [1.54, 1.807) is 6.07 Å². The molecule has 84 valence electrons. The highest BCUT2D eigenvalue weighted by Crippen LogP contribution is 2.28. The van der Waals surface area contributed by atoms with Crippen molar-refractivity contribution in [2.24, 2.45) is 5.73 Å². The third-order valence-corrected chi connectivity index (χ3v) is 1.64. The summed E-state index contributed by atoms with van der Waals surface area (Å²) in [5.74, 6) is 0.590.